The maximum atomic E-state index is 12.8. The minimum atomic E-state index is -0.429. The van der Waals surface area contributed by atoms with Gasteiger partial charge in [-0.3, -0.25) is 19.3 Å². The van der Waals surface area contributed by atoms with Crippen molar-refractivity contribution in [2.75, 3.05) is 32.8 Å². The van der Waals surface area contributed by atoms with Crippen LogP contribution in [0.1, 0.15) is 31.7 Å². The number of esters is 1. The Balaban J connectivity index is 1.97. The molecule has 1 aromatic carbocycles. The van der Waals surface area contributed by atoms with Crippen LogP contribution in [-0.2, 0) is 25.7 Å². The number of benzene rings is 1. The predicted molar refractivity (Wildman–Crippen MR) is 101 cm³/mol. The average molecular weight is 375 g/mol. The standard InChI is InChI=1S/C20H29N3O4/c1-2-27-20(26)17-9-6-11-22(14-17)15-19(25)23(12-10-18(21)24)13-16-7-4-3-5-8-16/h3-5,7-8,17H,2,6,9-15H2,1H3,(H2,21,24). The van der Waals surface area contributed by atoms with Gasteiger partial charge in [-0.1, -0.05) is 30.3 Å². The molecule has 1 fully saturated rings. The summed E-state index contributed by atoms with van der Waals surface area (Å²) >= 11 is 0. The third-order valence-electron chi connectivity index (χ3n) is 4.68. The number of hydrogen-bond donors (Lipinski definition) is 1. The first kappa shape index (κ1) is 20.9. The van der Waals surface area contributed by atoms with Crippen molar-refractivity contribution >= 4 is 17.8 Å². The zero-order valence-corrected chi connectivity index (χ0v) is 15.9. The molecule has 2 rings (SSSR count). The van der Waals surface area contributed by atoms with E-state index in [0.29, 0.717) is 19.7 Å². The summed E-state index contributed by atoms with van der Waals surface area (Å²) in [7, 11) is 0. The van der Waals surface area contributed by atoms with E-state index in [1.54, 1.807) is 11.8 Å². The predicted octanol–water partition coefficient (Wildman–Crippen LogP) is 1.17. The summed E-state index contributed by atoms with van der Waals surface area (Å²) in [5, 5.41) is 0. The van der Waals surface area contributed by atoms with Crippen LogP contribution in [0.5, 0.6) is 0 Å². The number of likely N-dealkylation sites (tertiary alicyclic amines) is 1. The SMILES string of the molecule is CCOC(=O)C1CCCN(CC(=O)N(CCC(N)=O)Cc2ccccc2)C1. The number of ether oxygens (including phenoxy) is 1. The first-order valence-electron chi connectivity index (χ1n) is 9.48. The molecule has 2 amide bonds. The summed E-state index contributed by atoms with van der Waals surface area (Å²) in [4.78, 5) is 39.7. The number of hydrogen-bond acceptors (Lipinski definition) is 5. The van der Waals surface area contributed by atoms with Crippen molar-refractivity contribution in [2.24, 2.45) is 11.7 Å². The van der Waals surface area contributed by atoms with Gasteiger partial charge < -0.3 is 15.4 Å². The van der Waals surface area contributed by atoms with Gasteiger partial charge in [-0.25, -0.2) is 0 Å². The van der Waals surface area contributed by atoms with E-state index in [2.05, 4.69) is 0 Å². The van der Waals surface area contributed by atoms with Gasteiger partial charge in [0.2, 0.25) is 11.8 Å². The van der Waals surface area contributed by atoms with Crippen molar-refractivity contribution in [3.8, 4) is 0 Å². The van der Waals surface area contributed by atoms with Gasteiger partial charge in [-0.15, -0.1) is 0 Å². The second-order valence-electron chi connectivity index (χ2n) is 6.84. The van der Waals surface area contributed by atoms with Crippen molar-refractivity contribution in [1.82, 2.24) is 9.80 Å². The second kappa shape index (κ2) is 10.7. The molecule has 0 radical (unpaired) electrons. The Morgan fingerprint density at radius 2 is 2.00 bits per heavy atom. The van der Waals surface area contributed by atoms with Gasteiger partial charge in [0.1, 0.15) is 0 Å². The molecule has 1 aliphatic heterocycles. The molecule has 7 heteroatoms. The van der Waals surface area contributed by atoms with Crippen LogP contribution in [0.4, 0.5) is 0 Å². The van der Waals surface area contributed by atoms with Crippen LogP contribution in [-0.4, -0.2) is 60.4 Å². The van der Waals surface area contributed by atoms with Crippen LogP contribution in [0.2, 0.25) is 0 Å². The van der Waals surface area contributed by atoms with Crippen LogP contribution in [0.15, 0.2) is 30.3 Å². The van der Waals surface area contributed by atoms with E-state index in [4.69, 9.17) is 10.5 Å². The van der Waals surface area contributed by atoms with Gasteiger partial charge in [0.15, 0.2) is 0 Å². The quantitative estimate of drug-likeness (QED) is 0.654. The number of piperidine rings is 1. The minimum absolute atomic E-state index is 0.0652. The van der Waals surface area contributed by atoms with Crippen molar-refractivity contribution in [1.29, 1.82) is 0 Å². The van der Waals surface area contributed by atoms with Crippen molar-refractivity contribution < 1.29 is 19.1 Å². The lowest BCUT2D eigenvalue weighted by molar-refractivity contribution is -0.150. The van der Waals surface area contributed by atoms with Gasteiger partial charge in [0.25, 0.3) is 0 Å². The first-order chi connectivity index (χ1) is 13.0. The Morgan fingerprint density at radius 1 is 1.26 bits per heavy atom. The third kappa shape index (κ3) is 7.02. The van der Waals surface area contributed by atoms with E-state index in [1.165, 1.54) is 0 Å². The van der Waals surface area contributed by atoms with Crippen LogP contribution in [0.25, 0.3) is 0 Å². The Hall–Kier alpha value is -2.41. The molecule has 0 aromatic heterocycles. The second-order valence-corrected chi connectivity index (χ2v) is 6.84. The first-order valence-corrected chi connectivity index (χ1v) is 9.48. The number of amides is 2. The van der Waals surface area contributed by atoms with Crippen molar-refractivity contribution in [3.05, 3.63) is 35.9 Å². The highest BCUT2D eigenvalue weighted by atomic mass is 16.5. The lowest BCUT2D eigenvalue weighted by Crippen LogP contribution is -2.46. The van der Waals surface area contributed by atoms with E-state index in [9.17, 15) is 14.4 Å². The highest BCUT2D eigenvalue weighted by Crippen LogP contribution is 2.18. The van der Waals surface area contributed by atoms with Gasteiger partial charge in [0.05, 0.1) is 19.1 Å². The topological polar surface area (TPSA) is 92.9 Å². The maximum absolute atomic E-state index is 12.8. The summed E-state index contributed by atoms with van der Waals surface area (Å²) in [5.74, 6) is -0.866. The van der Waals surface area contributed by atoms with Gasteiger partial charge in [0, 0.05) is 26.1 Å². The lowest BCUT2D eigenvalue weighted by atomic mass is 9.98. The monoisotopic (exact) mass is 375 g/mol. The fourth-order valence-electron chi connectivity index (χ4n) is 3.28. The highest BCUT2D eigenvalue weighted by molar-refractivity contribution is 5.80. The normalized spacial score (nSPS) is 17.3. The van der Waals surface area contributed by atoms with E-state index in [-0.39, 0.29) is 37.3 Å². The van der Waals surface area contributed by atoms with Crippen molar-refractivity contribution in [3.63, 3.8) is 0 Å². The molecule has 1 aliphatic rings. The third-order valence-corrected chi connectivity index (χ3v) is 4.68. The fraction of sp³-hybridized carbons (Fsp3) is 0.550. The zero-order valence-electron chi connectivity index (χ0n) is 15.9. The number of carbonyl (C=O) groups is 3. The molecule has 1 aromatic rings. The van der Waals surface area contributed by atoms with Gasteiger partial charge >= 0.3 is 5.97 Å². The lowest BCUT2D eigenvalue weighted by Gasteiger charge is -2.32. The summed E-state index contributed by atoms with van der Waals surface area (Å²) < 4.78 is 5.11. The molecule has 1 saturated heterocycles. The Morgan fingerprint density at radius 3 is 2.67 bits per heavy atom. The maximum Gasteiger partial charge on any atom is 0.310 e. The Bertz CT molecular complexity index is 635. The molecule has 0 spiro atoms. The number of rotatable bonds is 9. The van der Waals surface area contributed by atoms with E-state index in [1.807, 2.05) is 35.2 Å². The molecular formula is C20H29N3O4. The average Bonchev–Trinajstić information content (AvgIpc) is 2.66. The fourth-order valence-corrected chi connectivity index (χ4v) is 3.28. The number of nitrogens with zero attached hydrogens (tertiary/aromatic N) is 2. The summed E-state index contributed by atoms with van der Waals surface area (Å²) in [6.45, 7) is 4.41. The number of primary amides is 1. The molecule has 1 unspecified atom stereocenters. The summed E-state index contributed by atoms with van der Waals surface area (Å²) in [6, 6.07) is 9.65. The molecule has 1 heterocycles. The van der Waals surface area contributed by atoms with E-state index in [0.717, 1.165) is 24.9 Å². The summed E-state index contributed by atoms with van der Waals surface area (Å²) in [6.07, 6.45) is 1.78. The largest absolute Gasteiger partial charge is 0.466 e. The molecule has 0 aliphatic carbocycles. The van der Waals surface area contributed by atoms with Crippen LogP contribution in [0, 0.1) is 5.92 Å². The molecule has 1 atom stereocenters. The zero-order chi connectivity index (χ0) is 19.6. The molecule has 2 N–H and O–H groups in total. The van der Waals surface area contributed by atoms with E-state index < -0.39 is 5.91 Å². The van der Waals surface area contributed by atoms with Crippen LogP contribution >= 0.6 is 0 Å². The Labute approximate surface area is 160 Å². The number of nitrogens with two attached hydrogens (primary N) is 1. The molecular weight excluding hydrogens is 346 g/mol. The van der Waals surface area contributed by atoms with Gasteiger partial charge in [-0.2, -0.15) is 0 Å². The summed E-state index contributed by atoms with van der Waals surface area (Å²) in [5.41, 5.74) is 6.26. The number of carbonyl (C=O) groups excluding carboxylic acids is 3. The molecule has 148 valence electrons. The minimum Gasteiger partial charge on any atom is -0.466 e. The molecule has 0 bridgehead atoms. The van der Waals surface area contributed by atoms with Gasteiger partial charge in [-0.05, 0) is 31.9 Å². The molecule has 0 saturated carbocycles. The Kier molecular flexibility index (Phi) is 8.26. The van der Waals surface area contributed by atoms with E-state index >= 15 is 0 Å². The highest BCUT2D eigenvalue weighted by Gasteiger charge is 2.28. The van der Waals surface area contributed by atoms with Crippen LogP contribution < -0.4 is 5.73 Å². The van der Waals surface area contributed by atoms with Crippen LogP contribution in [0.3, 0.4) is 0 Å². The molecule has 27 heavy (non-hydrogen) atoms. The smallest absolute Gasteiger partial charge is 0.310 e. The molecule has 7 nitrogen and oxygen atoms in total. The van der Waals surface area contributed by atoms with Crippen molar-refractivity contribution in [2.45, 2.75) is 32.7 Å².